The summed E-state index contributed by atoms with van der Waals surface area (Å²) in [5.41, 5.74) is 0. The molecule has 0 unspecified atom stereocenters. The van der Waals surface area contributed by atoms with Crippen molar-refractivity contribution in [1.29, 1.82) is 0 Å². The Morgan fingerprint density at radius 1 is 1.71 bits per heavy atom. The van der Waals surface area contributed by atoms with E-state index < -0.39 is 0 Å². The lowest BCUT2D eigenvalue weighted by molar-refractivity contribution is 0.498. The summed E-state index contributed by atoms with van der Waals surface area (Å²) in [5.74, 6) is 0. The fraction of sp³-hybridized carbons (Fsp3) is 0.333. The molecule has 37 valence electrons. The summed E-state index contributed by atoms with van der Waals surface area (Å²) in [5, 5.41) is 0. The van der Waals surface area contributed by atoms with Gasteiger partial charge in [-0.2, -0.15) is 0 Å². The average molecular weight is 94.1 g/mol. The summed E-state index contributed by atoms with van der Waals surface area (Å²) in [6, 6.07) is 0. The van der Waals surface area contributed by atoms with Crippen molar-refractivity contribution < 1.29 is 0 Å². The number of nitrogens with zero attached hydrogens (tertiary/aromatic N) is 1. The summed E-state index contributed by atoms with van der Waals surface area (Å²) in [4.78, 5) is 2.07. The van der Waals surface area contributed by atoms with Gasteiger partial charge in [-0.3, -0.25) is 0 Å². The Hall–Kier alpha value is -0.720. The molecule has 0 bridgehead atoms. The lowest BCUT2D eigenvalue weighted by atomic mass is 10.4. The van der Waals surface area contributed by atoms with Gasteiger partial charge in [0.05, 0.1) is 0 Å². The van der Waals surface area contributed by atoms with Crippen LogP contribution in [0, 0.1) is 6.08 Å². The molecule has 1 nitrogen and oxygen atoms in total. The molecule has 0 spiro atoms. The average Bonchev–Trinajstić information content (AvgIpc) is 1.69. The third-order valence-electron chi connectivity index (χ3n) is 0.895. The summed E-state index contributed by atoms with van der Waals surface area (Å²) in [6.45, 7) is 0.927. The molecule has 0 saturated carbocycles. The van der Waals surface area contributed by atoms with E-state index in [1.54, 1.807) is 0 Å². The van der Waals surface area contributed by atoms with Gasteiger partial charge in [0.2, 0.25) is 0 Å². The van der Waals surface area contributed by atoms with E-state index in [4.69, 9.17) is 0 Å². The van der Waals surface area contributed by atoms with Crippen molar-refractivity contribution in [3.63, 3.8) is 0 Å². The lowest BCUT2D eigenvalue weighted by Gasteiger charge is -2.11. The maximum atomic E-state index is 3.05. The Balaban J connectivity index is 2.49. The minimum Gasteiger partial charge on any atom is -0.376 e. The van der Waals surface area contributed by atoms with E-state index in [-0.39, 0.29) is 0 Å². The summed E-state index contributed by atoms with van der Waals surface area (Å²) in [7, 11) is 2.02. The van der Waals surface area contributed by atoms with Crippen molar-refractivity contribution in [3.8, 4) is 0 Å². The van der Waals surface area contributed by atoms with Crippen LogP contribution in [0.2, 0.25) is 0 Å². The minimum absolute atomic E-state index is 0.927. The molecule has 1 rings (SSSR count). The summed E-state index contributed by atoms with van der Waals surface area (Å²) in [6.07, 6.45) is 8.98. The van der Waals surface area contributed by atoms with Crippen molar-refractivity contribution in [2.75, 3.05) is 13.6 Å². The van der Waals surface area contributed by atoms with Crippen LogP contribution in [0.5, 0.6) is 0 Å². The fourth-order valence-corrected chi connectivity index (χ4v) is 0.507. The van der Waals surface area contributed by atoms with Crippen LogP contribution in [0.4, 0.5) is 0 Å². The Morgan fingerprint density at radius 2 is 2.57 bits per heavy atom. The van der Waals surface area contributed by atoms with Crippen LogP contribution in [0.3, 0.4) is 0 Å². The highest BCUT2D eigenvalue weighted by Crippen LogP contribution is 1.90. The van der Waals surface area contributed by atoms with E-state index in [1.165, 1.54) is 0 Å². The monoisotopic (exact) mass is 94.1 g/mol. The molecular formula is C6H8N. The van der Waals surface area contributed by atoms with Gasteiger partial charge >= 0.3 is 0 Å². The first-order chi connectivity index (χ1) is 3.39. The highest BCUT2D eigenvalue weighted by atomic mass is 15.1. The molecule has 0 aromatic carbocycles. The second-order valence-electron chi connectivity index (χ2n) is 1.63. The van der Waals surface area contributed by atoms with Gasteiger partial charge < -0.3 is 4.90 Å². The van der Waals surface area contributed by atoms with Gasteiger partial charge in [-0.15, -0.1) is 0 Å². The predicted molar refractivity (Wildman–Crippen MR) is 29.6 cm³/mol. The highest BCUT2D eigenvalue weighted by molar-refractivity contribution is 5.03. The van der Waals surface area contributed by atoms with E-state index in [9.17, 15) is 0 Å². The van der Waals surface area contributed by atoms with Crippen LogP contribution in [0.25, 0.3) is 0 Å². The van der Waals surface area contributed by atoms with Crippen molar-refractivity contribution in [2.45, 2.75) is 0 Å². The third-order valence-corrected chi connectivity index (χ3v) is 0.895. The van der Waals surface area contributed by atoms with Crippen molar-refractivity contribution in [3.05, 3.63) is 24.4 Å². The molecule has 1 heterocycles. The van der Waals surface area contributed by atoms with Gasteiger partial charge in [-0.1, -0.05) is 6.08 Å². The van der Waals surface area contributed by atoms with Crippen molar-refractivity contribution in [1.82, 2.24) is 4.90 Å². The fourth-order valence-electron chi connectivity index (χ4n) is 0.507. The van der Waals surface area contributed by atoms with E-state index in [0.29, 0.717) is 0 Å². The van der Waals surface area contributed by atoms with E-state index in [0.717, 1.165) is 6.54 Å². The number of allylic oxidation sites excluding steroid dienone is 2. The molecule has 0 atom stereocenters. The van der Waals surface area contributed by atoms with Gasteiger partial charge in [-0.25, -0.2) is 0 Å². The normalized spacial score (nSPS) is 18.1. The molecule has 0 fully saturated rings. The van der Waals surface area contributed by atoms with Crippen LogP contribution in [-0.2, 0) is 0 Å². The maximum Gasteiger partial charge on any atom is 0.0424 e. The Labute approximate surface area is 43.9 Å². The SMILES string of the molecule is CN1C=CC=[C]C1. The largest absolute Gasteiger partial charge is 0.376 e. The van der Waals surface area contributed by atoms with Crippen LogP contribution in [0.1, 0.15) is 0 Å². The van der Waals surface area contributed by atoms with E-state index >= 15 is 0 Å². The Kier molecular flexibility index (Phi) is 1.16. The third kappa shape index (κ3) is 1.07. The van der Waals surface area contributed by atoms with Crippen LogP contribution in [0.15, 0.2) is 18.4 Å². The van der Waals surface area contributed by atoms with Crippen molar-refractivity contribution in [2.24, 2.45) is 0 Å². The molecule has 0 saturated heterocycles. The second kappa shape index (κ2) is 1.82. The zero-order valence-electron chi connectivity index (χ0n) is 4.39. The smallest absolute Gasteiger partial charge is 0.0424 e. The molecule has 0 aromatic rings. The Bertz CT molecular complexity index is 103. The van der Waals surface area contributed by atoms with Gasteiger partial charge in [0.1, 0.15) is 0 Å². The first kappa shape index (κ1) is 4.44. The van der Waals surface area contributed by atoms with E-state index in [2.05, 4.69) is 11.0 Å². The molecule has 0 aliphatic carbocycles. The van der Waals surface area contributed by atoms with Crippen molar-refractivity contribution >= 4 is 0 Å². The number of hydrogen-bond acceptors (Lipinski definition) is 1. The molecule has 7 heavy (non-hydrogen) atoms. The molecule has 1 aliphatic rings. The Morgan fingerprint density at radius 3 is 2.86 bits per heavy atom. The molecule has 0 amide bonds. The molecular weight excluding hydrogens is 86.1 g/mol. The minimum atomic E-state index is 0.927. The van der Waals surface area contributed by atoms with Gasteiger partial charge in [0.25, 0.3) is 0 Å². The topological polar surface area (TPSA) is 3.24 Å². The summed E-state index contributed by atoms with van der Waals surface area (Å²) >= 11 is 0. The van der Waals surface area contributed by atoms with Gasteiger partial charge in [0, 0.05) is 13.6 Å². The highest BCUT2D eigenvalue weighted by Gasteiger charge is 1.86. The lowest BCUT2D eigenvalue weighted by Crippen LogP contribution is -2.11. The zero-order valence-corrected chi connectivity index (χ0v) is 4.39. The van der Waals surface area contributed by atoms with Crippen LogP contribution >= 0.6 is 0 Å². The summed E-state index contributed by atoms with van der Waals surface area (Å²) < 4.78 is 0. The predicted octanol–water partition coefficient (Wildman–Crippen LogP) is 0.805. The number of hydrogen-bond donors (Lipinski definition) is 0. The molecule has 0 N–H and O–H groups in total. The van der Waals surface area contributed by atoms with Crippen LogP contribution < -0.4 is 0 Å². The number of rotatable bonds is 0. The second-order valence-corrected chi connectivity index (χ2v) is 1.63. The molecule has 0 aromatic heterocycles. The first-order valence-corrected chi connectivity index (χ1v) is 2.33. The maximum absolute atomic E-state index is 3.05. The molecule has 1 aliphatic heterocycles. The quantitative estimate of drug-likeness (QED) is 0.429. The van der Waals surface area contributed by atoms with Gasteiger partial charge in [0.15, 0.2) is 0 Å². The first-order valence-electron chi connectivity index (χ1n) is 2.33. The molecule has 1 heteroatoms. The van der Waals surface area contributed by atoms with Crippen LogP contribution in [-0.4, -0.2) is 18.5 Å². The van der Waals surface area contributed by atoms with Gasteiger partial charge in [-0.05, 0) is 18.4 Å². The van der Waals surface area contributed by atoms with E-state index in [1.807, 2.05) is 25.4 Å². The molecule has 1 radical (unpaired) electrons. The zero-order chi connectivity index (χ0) is 5.11. The number of likely N-dealkylation sites (N-methyl/N-ethyl adjacent to an activating group) is 1. The standard InChI is InChI=1S/C6H8N/c1-7-5-3-2-4-6-7/h2-3,5H,6H2,1H3.